The van der Waals surface area contributed by atoms with Gasteiger partial charge >= 0.3 is 6.03 Å². The number of rotatable bonds is 6. The van der Waals surface area contributed by atoms with Gasteiger partial charge in [0.15, 0.2) is 0 Å². The van der Waals surface area contributed by atoms with Crippen LogP contribution in [0.15, 0.2) is 36.9 Å². The van der Waals surface area contributed by atoms with Crippen LogP contribution in [0, 0.1) is 0 Å². The lowest BCUT2D eigenvalue weighted by Crippen LogP contribution is -2.41. The highest BCUT2D eigenvalue weighted by atomic mass is 16.2. The highest BCUT2D eigenvalue weighted by molar-refractivity contribution is 5.74. The molecule has 1 saturated heterocycles. The van der Waals surface area contributed by atoms with Crippen LogP contribution >= 0.6 is 0 Å². The third kappa shape index (κ3) is 4.36. The summed E-state index contributed by atoms with van der Waals surface area (Å²) in [6.45, 7) is 5.96. The largest absolute Gasteiger partial charge is 0.337 e. The lowest BCUT2D eigenvalue weighted by molar-refractivity contribution is 0.192. The van der Waals surface area contributed by atoms with E-state index in [1.165, 1.54) is 19.2 Å². The maximum Gasteiger partial charge on any atom is 0.317 e. The summed E-state index contributed by atoms with van der Waals surface area (Å²) in [6.07, 6.45) is 5.72. The Hall–Kier alpha value is -2.41. The molecule has 0 saturated carbocycles. The van der Waals surface area contributed by atoms with Crippen LogP contribution in [0.3, 0.4) is 0 Å². The van der Waals surface area contributed by atoms with Gasteiger partial charge in [-0.05, 0) is 50.6 Å². The van der Waals surface area contributed by atoms with Crippen LogP contribution in [-0.4, -0.2) is 63.8 Å². The number of urea groups is 1. The molecule has 2 heterocycles. The second-order valence-corrected chi connectivity index (χ2v) is 6.50. The predicted octanol–water partition coefficient (Wildman–Crippen LogP) is 2.07. The smallest absolute Gasteiger partial charge is 0.317 e. The molecule has 0 spiro atoms. The minimum absolute atomic E-state index is 0.00316. The second-order valence-electron chi connectivity index (χ2n) is 6.50. The van der Waals surface area contributed by atoms with Crippen LogP contribution in [0.4, 0.5) is 4.79 Å². The Bertz CT molecular complexity index is 663. The Balaban J connectivity index is 1.52. The van der Waals surface area contributed by atoms with Crippen LogP contribution in [0.25, 0.3) is 5.69 Å². The Morgan fingerprint density at radius 3 is 2.64 bits per heavy atom. The quantitative estimate of drug-likeness (QED) is 0.873. The van der Waals surface area contributed by atoms with E-state index >= 15 is 0 Å². The molecule has 0 aliphatic carbocycles. The molecule has 1 aliphatic rings. The molecule has 0 radical (unpaired) electrons. The number of amides is 2. The van der Waals surface area contributed by atoms with Crippen LogP contribution in [0.1, 0.15) is 31.4 Å². The maximum atomic E-state index is 12.4. The molecule has 1 atom stereocenters. The van der Waals surface area contributed by atoms with Crippen molar-refractivity contribution in [1.29, 1.82) is 0 Å². The summed E-state index contributed by atoms with van der Waals surface area (Å²) in [5.41, 5.74) is 2.03. The van der Waals surface area contributed by atoms with E-state index in [1.54, 1.807) is 15.9 Å². The van der Waals surface area contributed by atoms with Crippen molar-refractivity contribution < 1.29 is 4.79 Å². The van der Waals surface area contributed by atoms with E-state index in [0.29, 0.717) is 6.54 Å². The van der Waals surface area contributed by atoms with Gasteiger partial charge in [0.05, 0.1) is 11.7 Å². The molecule has 7 heteroatoms. The van der Waals surface area contributed by atoms with Gasteiger partial charge in [-0.25, -0.2) is 14.5 Å². The summed E-state index contributed by atoms with van der Waals surface area (Å²) < 4.78 is 1.71. The summed E-state index contributed by atoms with van der Waals surface area (Å²) in [5.74, 6) is 0. The number of carbonyl (C=O) groups is 1. The lowest BCUT2D eigenvalue weighted by Gasteiger charge is -2.26. The topological polar surface area (TPSA) is 66.3 Å². The molecule has 0 unspecified atom stereocenters. The first-order valence-electron chi connectivity index (χ1n) is 8.83. The van der Waals surface area contributed by atoms with E-state index in [0.717, 1.165) is 30.9 Å². The number of benzene rings is 1. The molecular formula is C18H26N6O. The first kappa shape index (κ1) is 17.4. The number of aromatic nitrogens is 3. The normalized spacial score (nSPS) is 15.9. The van der Waals surface area contributed by atoms with Gasteiger partial charge in [-0.15, -0.1) is 0 Å². The van der Waals surface area contributed by atoms with Crippen molar-refractivity contribution in [2.24, 2.45) is 0 Å². The summed E-state index contributed by atoms with van der Waals surface area (Å²) in [5, 5.41) is 7.13. The first-order valence-corrected chi connectivity index (χ1v) is 8.83. The van der Waals surface area contributed by atoms with Gasteiger partial charge in [-0.2, -0.15) is 5.10 Å². The Kier molecular flexibility index (Phi) is 5.65. The minimum atomic E-state index is -0.0351. The van der Waals surface area contributed by atoms with Gasteiger partial charge in [-0.1, -0.05) is 12.1 Å². The standard InChI is InChI=1S/C18H26N6O/c1-15(16-5-7-17(8-6-16)24-14-19-13-21-24)22(2)18(25)20-9-12-23-10-3-4-11-23/h5-8,13-15H,3-4,9-12H2,1-2H3,(H,20,25)/t15-/m0/s1. The Labute approximate surface area is 148 Å². The zero-order valence-electron chi connectivity index (χ0n) is 14.9. The Morgan fingerprint density at radius 2 is 2.00 bits per heavy atom. The summed E-state index contributed by atoms with van der Waals surface area (Å²) in [4.78, 5) is 20.5. The number of carbonyl (C=O) groups excluding carboxylic acids is 1. The van der Waals surface area contributed by atoms with Gasteiger partial charge in [0.25, 0.3) is 0 Å². The van der Waals surface area contributed by atoms with Crippen LogP contribution in [0.2, 0.25) is 0 Å². The molecule has 3 rings (SSSR count). The predicted molar refractivity (Wildman–Crippen MR) is 96.6 cm³/mol. The van der Waals surface area contributed by atoms with Crippen molar-refractivity contribution >= 4 is 6.03 Å². The molecule has 1 N–H and O–H groups in total. The van der Waals surface area contributed by atoms with Gasteiger partial charge in [0, 0.05) is 20.1 Å². The highest BCUT2D eigenvalue weighted by Crippen LogP contribution is 2.20. The maximum absolute atomic E-state index is 12.4. The van der Waals surface area contributed by atoms with E-state index in [2.05, 4.69) is 20.3 Å². The third-order valence-corrected chi connectivity index (χ3v) is 4.86. The zero-order chi connectivity index (χ0) is 17.6. The SMILES string of the molecule is C[C@@H](c1ccc(-n2cncn2)cc1)N(C)C(=O)NCCN1CCCC1. The fourth-order valence-electron chi connectivity index (χ4n) is 3.10. The third-order valence-electron chi connectivity index (χ3n) is 4.86. The fraction of sp³-hybridized carbons (Fsp3) is 0.500. The lowest BCUT2D eigenvalue weighted by atomic mass is 10.1. The monoisotopic (exact) mass is 342 g/mol. The molecule has 1 aromatic carbocycles. The molecule has 25 heavy (non-hydrogen) atoms. The van der Waals surface area contributed by atoms with Crippen LogP contribution < -0.4 is 5.32 Å². The number of hydrogen-bond donors (Lipinski definition) is 1. The molecule has 0 bridgehead atoms. The molecule has 134 valence electrons. The van der Waals surface area contributed by atoms with Gasteiger partial charge in [0.1, 0.15) is 12.7 Å². The van der Waals surface area contributed by atoms with Crippen LogP contribution in [-0.2, 0) is 0 Å². The zero-order valence-corrected chi connectivity index (χ0v) is 14.9. The Morgan fingerprint density at radius 1 is 1.28 bits per heavy atom. The van der Waals surface area contributed by atoms with Crippen molar-refractivity contribution in [3.8, 4) is 5.69 Å². The van der Waals surface area contributed by atoms with Gasteiger partial charge in [0.2, 0.25) is 0 Å². The molecular weight excluding hydrogens is 316 g/mol. The average molecular weight is 342 g/mol. The van der Waals surface area contributed by atoms with Gasteiger partial charge in [-0.3, -0.25) is 0 Å². The van der Waals surface area contributed by atoms with Gasteiger partial charge < -0.3 is 15.1 Å². The van der Waals surface area contributed by atoms with Crippen molar-refractivity contribution in [2.45, 2.75) is 25.8 Å². The number of hydrogen-bond acceptors (Lipinski definition) is 4. The van der Waals surface area contributed by atoms with E-state index < -0.39 is 0 Å². The fourth-order valence-corrected chi connectivity index (χ4v) is 3.10. The van der Waals surface area contributed by atoms with E-state index in [9.17, 15) is 4.79 Å². The average Bonchev–Trinajstić information content (AvgIpc) is 3.34. The molecule has 2 aromatic rings. The number of likely N-dealkylation sites (tertiary alicyclic amines) is 1. The second kappa shape index (κ2) is 8.11. The summed E-state index contributed by atoms with van der Waals surface area (Å²) >= 11 is 0. The van der Waals surface area contributed by atoms with Crippen molar-refractivity contribution in [2.75, 3.05) is 33.2 Å². The molecule has 1 fully saturated rings. The number of nitrogens with zero attached hydrogens (tertiary/aromatic N) is 5. The van der Waals surface area contributed by atoms with Crippen molar-refractivity contribution in [1.82, 2.24) is 29.9 Å². The summed E-state index contributed by atoms with van der Waals surface area (Å²) in [7, 11) is 1.83. The highest BCUT2D eigenvalue weighted by Gasteiger charge is 2.18. The minimum Gasteiger partial charge on any atom is -0.337 e. The molecule has 1 aromatic heterocycles. The van der Waals surface area contributed by atoms with Crippen molar-refractivity contribution in [3.63, 3.8) is 0 Å². The first-order chi connectivity index (χ1) is 12.1. The van der Waals surface area contributed by atoms with Crippen molar-refractivity contribution in [3.05, 3.63) is 42.5 Å². The van der Waals surface area contributed by atoms with E-state index in [-0.39, 0.29) is 12.1 Å². The summed E-state index contributed by atoms with van der Waals surface area (Å²) in [6, 6.07) is 7.98. The molecule has 1 aliphatic heterocycles. The molecule has 2 amide bonds. The van der Waals surface area contributed by atoms with E-state index in [1.807, 2.05) is 38.2 Å². The molecule has 7 nitrogen and oxygen atoms in total. The van der Waals surface area contributed by atoms with E-state index in [4.69, 9.17) is 0 Å². The van der Waals surface area contributed by atoms with Crippen LogP contribution in [0.5, 0.6) is 0 Å². The number of nitrogens with one attached hydrogen (secondary N) is 1.